The third-order valence-electron chi connectivity index (χ3n) is 4.70. The molecule has 5 rings (SSSR count). The van der Waals surface area contributed by atoms with Crippen LogP contribution in [0.1, 0.15) is 12.8 Å². The highest BCUT2D eigenvalue weighted by atomic mass is 16.5. The highest BCUT2D eigenvalue weighted by Gasteiger charge is 2.51. The molecule has 1 aromatic rings. The lowest BCUT2D eigenvalue weighted by atomic mass is 9.75. The van der Waals surface area contributed by atoms with Crippen molar-refractivity contribution in [2.75, 3.05) is 38.6 Å². The minimum atomic E-state index is -0.129. The van der Waals surface area contributed by atoms with Crippen LogP contribution in [0.4, 0.5) is 5.82 Å². The van der Waals surface area contributed by atoms with Gasteiger partial charge < -0.3 is 9.47 Å². The Morgan fingerprint density at radius 3 is 2.95 bits per heavy atom. The minimum Gasteiger partial charge on any atom is -0.481 e. The van der Waals surface area contributed by atoms with Crippen LogP contribution in [0.2, 0.25) is 0 Å². The van der Waals surface area contributed by atoms with Gasteiger partial charge in [-0.25, -0.2) is 15.0 Å². The van der Waals surface area contributed by atoms with Crippen molar-refractivity contribution in [2.24, 2.45) is 10.9 Å². The molecule has 1 aromatic heterocycles. The van der Waals surface area contributed by atoms with Crippen LogP contribution < -0.4 is 10.1 Å². The number of aliphatic imine (C=N–C) groups is 1. The molecule has 0 radical (unpaired) electrons. The maximum atomic E-state index is 6.20. The van der Waals surface area contributed by atoms with Crippen molar-refractivity contribution in [3.05, 3.63) is 12.4 Å². The van der Waals surface area contributed by atoms with Crippen LogP contribution >= 0.6 is 0 Å². The Morgan fingerprint density at radius 1 is 1.38 bits per heavy atom. The molecule has 7 heteroatoms. The molecule has 1 spiro atoms. The molecule has 0 amide bonds. The van der Waals surface area contributed by atoms with Crippen LogP contribution in [0, 0.1) is 5.92 Å². The molecule has 4 aliphatic heterocycles. The number of nitrogens with zero attached hydrogens (tertiary/aromatic N) is 4. The molecule has 4 aliphatic rings. The Morgan fingerprint density at radius 2 is 2.24 bits per heavy atom. The molecular formula is C14H19N5O2. The Labute approximate surface area is 123 Å². The molecule has 112 valence electrons. The van der Waals surface area contributed by atoms with E-state index in [0.717, 1.165) is 13.1 Å². The molecule has 2 bridgehead atoms. The summed E-state index contributed by atoms with van der Waals surface area (Å²) >= 11 is 0. The number of anilines is 1. The van der Waals surface area contributed by atoms with Gasteiger partial charge in [0.25, 0.3) is 6.02 Å². The first kappa shape index (κ1) is 12.8. The summed E-state index contributed by atoms with van der Waals surface area (Å²) in [6.45, 7) is 4.11. The Balaban J connectivity index is 1.46. The maximum absolute atomic E-state index is 6.20. The van der Waals surface area contributed by atoms with Crippen molar-refractivity contribution in [1.29, 1.82) is 0 Å². The molecule has 7 nitrogen and oxygen atoms in total. The van der Waals surface area contributed by atoms with E-state index in [1.54, 1.807) is 13.2 Å². The Kier molecular flexibility index (Phi) is 2.95. The third-order valence-corrected chi connectivity index (χ3v) is 4.70. The number of aromatic nitrogens is 2. The van der Waals surface area contributed by atoms with E-state index in [1.807, 2.05) is 0 Å². The van der Waals surface area contributed by atoms with Gasteiger partial charge in [0.05, 0.1) is 13.7 Å². The van der Waals surface area contributed by atoms with Gasteiger partial charge in [0.2, 0.25) is 5.88 Å². The summed E-state index contributed by atoms with van der Waals surface area (Å²) in [5.74, 6) is 1.77. The van der Waals surface area contributed by atoms with E-state index in [-0.39, 0.29) is 5.60 Å². The summed E-state index contributed by atoms with van der Waals surface area (Å²) in [6.07, 6.45) is 3.88. The van der Waals surface area contributed by atoms with E-state index < -0.39 is 0 Å². The lowest BCUT2D eigenvalue weighted by Gasteiger charge is -2.50. The van der Waals surface area contributed by atoms with Crippen molar-refractivity contribution in [2.45, 2.75) is 18.4 Å². The summed E-state index contributed by atoms with van der Waals surface area (Å²) in [7, 11) is 1.58. The quantitative estimate of drug-likeness (QED) is 0.866. The smallest absolute Gasteiger partial charge is 0.291 e. The first-order chi connectivity index (χ1) is 10.3. The van der Waals surface area contributed by atoms with E-state index in [0.29, 0.717) is 23.6 Å². The molecule has 1 unspecified atom stereocenters. The van der Waals surface area contributed by atoms with Gasteiger partial charge >= 0.3 is 0 Å². The molecule has 5 heterocycles. The molecule has 1 N–H and O–H groups in total. The molecule has 0 saturated carbocycles. The Bertz CT molecular complexity index is 570. The van der Waals surface area contributed by atoms with Crippen LogP contribution in [-0.2, 0) is 4.74 Å². The van der Waals surface area contributed by atoms with Gasteiger partial charge in [-0.05, 0) is 25.9 Å². The van der Waals surface area contributed by atoms with E-state index in [1.165, 1.54) is 32.3 Å². The van der Waals surface area contributed by atoms with Gasteiger partial charge in [-0.15, -0.1) is 0 Å². The number of ether oxygens (including phenoxy) is 2. The highest BCUT2D eigenvalue weighted by molar-refractivity contribution is 5.89. The molecule has 3 fully saturated rings. The van der Waals surface area contributed by atoms with Crippen molar-refractivity contribution < 1.29 is 9.47 Å². The van der Waals surface area contributed by atoms with E-state index in [9.17, 15) is 0 Å². The predicted octanol–water partition coefficient (Wildman–Crippen LogP) is 0.748. The first-order valence-corrected chi connectivity index (χ1v) is 7.36. The van der Waals surface area contributed by atoms with Gasteiger partial charge in [0, 0.05) is 18.5 Å². The summed E-state index contributed by atoms with van der Waals surface area (Å²) in [5, 5.41) is 3.12. The number of piperidine rings is 3. The minimum absolute atomic E-state index is 0.129. The maximum Gasteiger partial charge on any atom is 0.291 e. The number of hydrogen-bond donors (Lipinski definition) is 1. The van der Waals surface area contributed by atoms with Crippen LogP contribution in [0.5, 0.6) is 5.88 Å². The topological polar surface area (TPSA) is 71.9 Å². The summed E-state index contributed by atoms with van der Waals surface area (Å²) in [6, 6.07) is 2.29. The SMILES string of the molecule is COc1cc(NC2=NCC3(CN4CCC3CC4)O2)ncn1. The van der Waals surface area contributed by atoms with E-state index in [4.69, 9.17) is 9.47 Å². The zero-order chi connectivity index (χ0) is 14.3. The number of methoxy groups -OCH3 is 1. The molecule has 21 heavy (non-hydrogen) atoms. The van der Waals surface area contributed by atoms with Gasteiger partial charge in [0.15, 0.2) is 0 Å². The number of rotatable bonds is 2. The zero-order valence-corrected chi connectivity index (χ0v) is 12.1. The fourth-order valence-corrected chi connectivity index (χ4v) is 3.58. The summed E-state index contributed by atoms with van der Waals surface area (Å²) in [4.78, 5) is 15.2. The number of amidine groups is 1. The molecule has 1 atom stereocenters. The standard InChI is InChI=1S/C14H19N5O2/c1-20-12-6-11(16-9-17-12)18-13-15-7-14(21-13)8-19-4-2-10(14)3-5-19/h6,9-10H,2-5,7-8H2,1H3,(H,15,16,17,18). The average molecular weight is 289 g/mol. The molecular weight excluding hydrogens is 270 g/mol. The Hall–Kier alpha value is -1.89. The van der Waals surface area contributed by atoms with Crippen LogP contribution in [0.3, 0.4) is 0 Å². The lowest BCUT2D eigenvalue weighted by molar-refractivity contribution is -0.0829. The van der Waals surface area contributed by atoms with Crippen molar-refractivity contribution in [3.8, 4) is 5.88 Å². The third kappa shape index (κ3) is 2.21. The fraction of sp³-hybridized carbons (Fsp3) is 0.643. The van der Waals surface area contributed by atoms with Crippen molar-refractivity contribution in [1.82, 2.24) is 14.9 Å². The van der Waals surface area contributed by atoms with Crippen molar-refractivity contribution >= 4 is 11.8 Å². The molecule has 3 saturated heterocycles. The van der Waals surface area contributed by atoms with Crippen LogP contribution in [0.25, 0.3) is 0 Å². The molecule has 0 aromatic carbocycles. The van der Waals surface area contributed by atoms with Gasteiger partial charge in [-0.1, -0.05) is 0 Å². The normalized spacial score (nSPS) is 33.7. The van der Waals surface area contributed by atoms with Gasteiger partial charge in [-0.2, -0.15) is 0 Å². The zero-order valence-electron chi connectivity index (χ0n) is 12.1. The van der Waals surface area contributed by atoms with Crippen molar-refractivity contribution in [3.63, 3.8) is 0 Å². The van der Waals surface area contributed by atoms with Crippen LogP contribution in [0.15, 0.2) is 17.4 Å². The summed E-state index contributed by atoms with van der Waals surface area (Å²) < 4.78 is 11.3. The largest absolute Gasteiger partial charge is 0.481 e. The fourth-order valence-electron chi connectivity index (χ4n) is 3.58. The highest BCUT2D eigenvalue weighted by Crippen LogP contribution is 2.40. The summed E-state index contributed by atoms with van der Waals surface area (Å²) in [5.41, 5.74) is -0.129. The first-order valence-electron chi connectivity index (χ1n) is 7.36. The second-order valence-corrected chi connectivity index (χ2v) is 5.91. The number of hydrogen-bond acceptors (Lipinski definition) is 7. The second-order valence-electron chi connectivity index (χ2n) is 5.91. The number of nitrogens with one attached hydrogen (secondary N) is 1. The number of fused-ring (bicyclic) bond motifs is 2. The van der Waals surface area contributed by atoms with Gasteiger partial charge in [0.1, 0.15) is 17.7 Å². The molecule has 0 aliphatic carbocycles. The van der Waals surface area contributed by atoms with Crippen LogP contribution in [-0.4, -0.2) is 59.8 Å². The predicted molar refractivity (Wildman–Crippen MR) is 77.5 cm³/mol. The average Bonchev–Trinajstić information content (AvgIpc) is 2.91. The van der Waals surface area contributed by atoms with Gasteiger partial charge in [-0.3, -0.25) is 10.2 Å². The second kappa shape index (κ2) is 4.84. The monoisotopic (exact) mass is 289 g/mol. The van der Waals surface area contributed by atoms with E-state index in [2.05, 4.69) is 25.2 Å². The lowest BCUT2D eigenvalue weighted by Crippen LogP contribution is -2.61. The van der Waals surface area contributed by atoms with E-state index >= 15 is 0 Å².